The summed E-state index contributed by atoms with van der Waals surface area (Å²) < 4.78 is 1.05. The van der Waals surface area contributed by atoms with Crippen molar-refractivity contribution in [1.29, 1.82) is 0 Å². The van der Waals surface area contributed by atoms with Crippen molar-refractivity contribution in [2.45, 2.75) is 6.92 Å². The standard InChI is InChI=1S/C15H16BrN3O/c1-9-7-11(4-5-12(9)16)19-14-8-10(15(20)18-2)3-6-13(14)17/h3-8,19H,17H2,1-2H3,(H,18,20). The third kappa shape index (κ3) is 3.11. The van der Waals surface area contributed by atoms with E-state index in [1.807, 2.05) is 25.1 Å². The molecule has 0 spiro atoms. The molecule has 2 rings (SSSR count). The molecule has 20 heavy (non-hydrogen) atoms. The summed E-state index contributed by atoms with van der Waals surface area (Å²) in [7, 11) is 1.60. The molecule has 4 N–H and O–H groups in total. The van der Waals surface area contributed by atoms with Crippen molar-refractivity contribution < 1.29 is 4.79 Å². The van der Waals surface area contributed by atoms with Crippen LogP contribution in [-0.2, 0) is 0 Å². The molecule has 0 saturated heterocycles. The van der Waals surface area contributed by atoms with Crippen LogP contribution in [0.1, 0.15) is 15.9 Å². The molecular formula is C15H16BrN3O. The molecule has 2 aromatic carbocycles. The van der Waals surface area contributed by atoms with Gasteiger partial charge in [-0.05, 0) is 48.9 Å². The van der Waals surface area contributed by atoms with Gasteiger partial charge in [0.1, 0.15) is 0 Å². The zero-order valence-electron chi connectivity index (χ0n) is 11.3. The number of hydrogen-bond acceptors (Lipinski definition) is 3. The summed E-state index contributed by atoms with van der Waals surface area (Å²) in [6.07, 6.45) is 0. The predicted molar refractivity (Wildman–Crippen MR) is 86.4 cm³/mol. The molecule has 0 atom stereocenters. The van der Waals surface area contributed by atoms with E-state index in [9.17, 15) is 4.79 Å². The number of halogens is 1. The van der Waals surface area contributed by atoms with Crippen molar-refractivity contribution in [1.82, 2.24) is 5.32 Å². The van der Waals surface area contributed by atoms with Crippen molar-refractivity contribution in [3.05, 3.63) is 52.0 Å². The van der Waals surface area contributed by atoms with Gasteiger partial charge < -0.3 is 16.4 Å². The van der Waals surface area contributed by atoms with Crippen LogP contribution < -0.4 is 16.4 Å². The van der Waals surface area contributed by atoms with Crippen molar-refractivity contribution in [2.24, 2.45) is 0 Å². The minimum atomic E-state index is -0.139. The quantitative estimate of drug-likeness (QED) is 0.753. The number of rotatable bonds is 3. The molecule has 0 aromatic heterocycles. The van der Waals surface area contributed by atoms with Gasteiger partial charge in [-0.2, -0.15) is 0 Å². The van der Waals surface area contributed by atoms with Gasteiger partial charge in [0.05, 0.1) is 11.4 Å². The van der Waals surface area contributed by atoms with E-state index in [2.05, 4.69) is 26.6 Å². The second-order valence-electron chi connectivity index (χ2n) is 4.47. The van der Waals surface area contributed by atoms with Gasteiger partial charge in [-0.3, -0.25) is 4.79 Å². The van der Waals surface area contributed by atoms with Gasteiger partial charge in [-0.1, -0.05) is 15.9 Å². The normalized spacial score (nSPS) is 10.2. The van der Waals surface area contributed by atoms with E-state index in [-0.39, 0.29) is 5.91 Å². The summed E-state index contributed by atoms with van der Waals surface area (Å²) in [5, 5.41) is 5.83. The Morgan fingerprint density at radius 2 is 1.95 bits per heavy atom. The number of nitrogen functional groups attached to an aromatic ring is 1. The lowest BCUT2D eigenvalue weighted by Gasteiger charge is -2.12. The van der Waals surface area contributed by atoms with E-state index in [0.717, 1.165) is 15.7 Å². The van der Waals surface area contributed by atoms with Crippen LogP contribution in [0.15, 0.2) is 40.9 Å². The number of hydrogen-bond donors (Lipinski definition) is 3. The SMILES string of the molecule is CNC(=O)c1ccc(N)c(Nc2ccc(Br)c(C)c2)c1. The van der Waals surface area contributed by atoms with E-state index >= 15 is 0 Å². The Kier molecular flexibility index (Phi) is 4.29. The third-order valence-electron chi connectivity index (χ3n) is 2.98. The van der Waals surface area contributed by atoms with Crippen molar-refractivity contribution in [3.63, 3.8) is 0 Å². The second-order valence-corrected chi connectivity index (χ2v) is 5.32. The van der Waals surface area contributed by atoms with E-state index in [4.69, 9.17) is 5.73 Å². The van der Waals surface area contributed by atoms with Crippen LogP contribution in [0.2, 0.25) is 0 Å². The van der Waals surface area contributed by atoms with E-state index < -0.39 is 0 Å². The highest BCUT2D eigenvalue weighted by Crippen LogP contribution is 2.27. The maximum absolute atomic E-state index is 11.6. The third-order valence-corrected chi connectivity index (χ3v) is 3.87. The number of aryl methyl sites for hydroxylation is 1. The van der Waals surface area contributed by atoms with Crippen LogP contribution in [0.25, 0.3) is 0 Å². The lowest BCUT2D eigenvalue weighted by Crippen LogP contribution is -2.17. The highest BCUT2D eigenvalue weighted by atomic mass is 79.9. The average Bonchev–Trinajstić information content (AvgIpc) is 2.44. The molecule has 2 aromatic rings. The molecule has 0 aliphatic rings. The highest BCUT2D eigenvalue weighted by molar-refractivity contribution is 9.10. The molecule has 1 amide bonds. The number of amides is 1. The Bertz CT molecular complexity index is 656. The monoisotopic (exact) mass is 333 g/mol. The first-order valence-electron chi connectivity index (χ1n) is 6.16. The van der Waals surface area contributed by atoms with Crippen LogP contribution >= 0.6 is 15.9 Å². The molecule has 0 radical (unpaired) electrons. The molecule has 5 heteroatoms. The Morgan fingerprint density at radius 1 is 1.20 bits per heavy atom. The molecule has 0 bridgehead atoms. The summed E-state index contributed by atoms with van der Waals surface area (Å²) >= 11 is 3.46. The first-order chi connectivity index (χ1) is 9.51. The Morgan fingerprint density at radius 3 is 2.60 bits per heavy atom. The average molecular weight is 334 g/mol. The fourth-order valence-corrected chi connectivity index (χ4v) is 2.07. The van der Waals surface area contributed by atoms with Gasteiger partial charge in [0, 0.05) is 22.8 Å². The predicted octanol–water partition coefficient (Wildman–Crippen LogP) is 3.44. The van der Waals surface area contributed by atoms with Crippen LogP contribution in [-0.4, -0.2) is 13.0 Å². The zero-order valence-corrected chi connectivity index (χ0v) is 12.9. The largest absolute Gasteiger partial charge is 0.397 e. The van der Waals surface area contributed by atoms with Crippen LogP contribution in [0.3, 0.4) is 0 Å². The second kappa shape index (κ2) is 5.96. The molecule has 0 fully saturated rings. The summed E-state index contributed by atoms with van der Waals surface area (Å²) in [6.45, 7) is 2.01. The first-order valence-corrected chi connectivity index (χ1v) is 6.95. The minimum absolute atomic E-state index is 0.139. The minimum Gasteiger partial charge on any atom is -0.397 e. The summed E-state index contributed by atoms with van der Waals surface area (Å²) in [5.74, 6) is -0.139. The number of carbonyl (C=O) groups excluding carboxylic acids is 1. The van der Waals surface area contributed by atoms with Crippen LogP contribution in [0, 0.1) is 6.92 Å². The van der Waals surface area contributed by atoms with E-state index in [1.54, 1.807) is 25.2 Å². The fourth-order valence-electron chi connectivity index (χ4n) is 1.83. The molecule has 0 unspecified atom stereocenters. The van der Waals surface area contributed by atoms with Gasteiger partial charge in [-0.25, -0.2) is 0 Å². The molecule has 0 heterocycles. The fraction of sp³-hybridized carbons (Fsp3) is 0.133. The Hall–Kier alpha value is -2.01. The molecule has 104 valence electrons. The summed E-state index contributed by atoms with van der Waals surface area (Å²) in [5.41, 5.74) is 9.87. The molecular weight excluding hydrogens is 318 g/mol. The Balaban J connectivity index is 2.32. The maximum Gasteiger partial charge on any atom is 0.251 e. The maximum atomic E-state index is 11.6. The Labute approximate surface area is 126 Å². The molecule has 0 aliphatic heterocycles. The number of carbonyl (C=O) groups is 1. The highest BCUT2D eigenvalue weighted by Gasteiger charge is 2.07. The lowest BCUT2D eigenvalue weighted by molar-refractivity contribution is 0.0963. The van der Waals surface area contributed by atoms with Gasteiger partial charge in [-0.15, -0.1) is 0 Å². The summed E-state index contributed by atoms with van der Waals surface area (Å²) in [6, 6.07) is 11.1. The zero-order chi connectivity index (χ0) is 14.7. The van der Waals surface area contributed by atoms with Gasteiger partial charge in [0.25, 0.3) is 5.91 Å². The number of nitrogens with two attached hydrogens (primary N) is 1. The van der Waals surface area contributed by atoms with E-state index in [1.165, 1.54) is 0 Å². The van der Waals surface area contributed by atoms with Crippen molar-refractivity contribution in [3.8, 4) is 0 Å². The smallest absolute Gasteiger partial charge is 0.251 e. The number of benzene rings is 2. The summed E-state index contributed by atoms with van der Waals surface area (Å²) in [4.78, 5) is 11.6. The van der Waals surface area contributed by atoms with Crippen molar-refractivity contribution in [2.75, 3.05) is 18.1 Å². The van der Waals surface area contributed by atoms with Gasteiger partial charge >= 0.3 is 0 Å². The molecule has 0 aliphatic carbocycles. The van der Waals surface area contributed by atoms with Crippen LogP contribution in [0.4, 0.5) is 17.1 Å². The number of nitrogens with one attached hydrogen (secondary N) is 2. The van der Waals surface area contributed by atoms with Gasteiger partial charge in [0.2, 0.25) is 0 Å². The molecule has 0 saturated carbocycles. The van der Waals surface area contributed by atoms with Crippen molar-refractivity contribution >= 4 is 38.9 Å². The number of anilines is 3. The molecule has 4 nitrogen and oxygen atoms in total. The first kappa shape index (κ1) is 14.4. The topological polar surface area (TPSA) is 67.2 Å². The van der Waals surface area contributed by atoms with E-state index in [0.29, 0.717) is 16.9 Å². The van der Waals surface area contributed by atoms with Crippen LogP contribution in [0.5, 0.6) is 0 Å². The lowest BCUT2D eigenvalue weighted by atomic mass is 10.1. The van der Waals surface area contributed by atoms with Gasteiger partial charge in [0.15, 0.2) is 0 Å².